The van der Waals surface area contributed by atoms with Gasteiger partial charge in [-0.25, -0.2) is 5.43 Å². The van der Waals surface area contributed by atoms with E-state index in [2.05, 4.69) is 17.1 Å². The molecule has 4 rings (SSSR count). The number of ether oxygens (including phenoxy) is 2. The summed E-state index contributed by atoms with van der Waals surface area (Å²) in [5, 5.41) is 5.84. The van der Waals surface area contributed by atoms with E-state index >= 15 is 0 Å². The lowest BCUT2D eigenvalue weighted by Crippen LogP contribution is -2.37. The van der Waals surface area contributed by atoms with Gasteiger partial charge in [-0.2, -0.15) is 5.10 Å². The number of methoxy groups -OCH3 is 1. The lowest BCUT2D eigenvalue weighted by Gasteiger charge is -2.16. The van der Waals surface area contributed by atoms with Crippen LogP contribution in [0.15, 0.2) is 72.4 Å². The molecule has 31 heavy (non-hydrogen) atoms. The van der Waals surface area contributed by atoms with Gasteiger partial charge in [0.05, 0.1) is 19.0 Å². The molecule has 0 unspecified atom stereocenters. The number of hydrazone groups is 1. The molecule has 0 saturated carbocycles. The van der Waals surface area contributed by atoms with Crippen molar-refractivity contribution in [3.05, 3.63) is 78.4 Å². The van der Waals surface area contributed by atoms with Gasteiger partial charge in [-0.15, -0.1) is 0 Å². The number of nitrogens with one attached hydrogen (secondary N) is 1. The first-order valence-corrected chi connectivity index (χ1v) is 9.69. The molecule has 0 saturated heterocycles. The van der Waals surface area contributed by atoms with Crippen LogP contribution in [-0.2, 0) is 4.79 Å². The third-order valence-corrected chi connectivity index (χ3v) is 4.90. The van der Waals surface area contributed by atoms with Crippen molar-refractivity contribution in [1.82, 2.24) is 5.43 Å². The van der Waals surface area contributed by atoms with E-state index in [9.17, 15) is 9.59 Å². The summed E-state index contributed by atoms with van der Waals surface area (Å²) in [7, 11) is 1.55. The molecular formula is C24H21N3O4. The second-order valence-electron chi connectivity index (χ2n) is 6.88. The van der Waals surface area contributed by atoms with Crippen molar-refractivity contribution in [2.24, 2.45) is 5.10 Å². The number of hydrogen-bond acceptors (Lipinski definition) is 5. The molecule has 3 aromatic rings. The molecule has 7 heteroatoms. The minimum absolute atomic E-state index is 0.123. The van der Waals surface area contributed by atoms with Crippen molar-refractivity contribution >= 4 is 34.5 Å². The Kier molecular flexibility index (Phi) is 5.66. The average molecular weight is 415 g/mol. The maximum absolute atomic E-state index is 12.8. The molecule has 2 amide bonds. The first-order valence-electron chi connectivity index (χ1n) is 9.69. The van der Waals surface area contributed by atoms with Gasteiger partial charge >= 0.3 is 0 Å². The Morgan fingerprint density at radius 3 is 2.74 bits per heavy atom. The van der Waals surface area contributed by atoms with Gasteiger partial charge in [0, 0.05) is 10.9 Å². The molecule has 0 aromatic heterocycles. The van der Waals surface area contributed by atoms with Crippen LogP contribution in [0.2, 0.25) is 0 Å². The van der Waals surface area contributed by atoms with E-state index in [1.807, 2.05) is 30.3 Å². The van der Waals surface area contributed by atoms with Crippen molar-refractivity contribution in [3.8, 4) is 11.5 Å². The van der Waals surface area contributed by atoms with Gasteiger partial charge in [0.15, 0.2) is 11.5 Å². The SMILES string of the molecule is C=CCOc1ccc(/C=N/NC(=O)CN2C(=O)c3cccc4cccc2c34)cc1OC. The first-order chi connectivity index (χ1) is 15.1. The monoisotopic (exact) mass is 415 g/mol. The molecule has 0 aliphatic carbocycles. The van der Waals surface area contributed by atoms with Crippen LogP contribution in [0.1, 0.15) is 15.9 Å². The molecule has 0 radical (unpaired) electrons. The van der Waals surface area contributed by atoms with Crippen LogP contribution in [0.5, 0.6) is 11.5 Å². The average Bonchev–Trinajstić information content (AvgIpc) is 3.06. The van der Waals surface area contributed by atoms with Gasteiger partial charge < -0.3 is 9.47 Å². The Morgan fingerprint density at radius 1 is 1.16 bits per heavy atom. The number of hydrogen-bond donors (Lipinski definition) is 1. The molecule has 156 valence electrons. The smallest absolute Gasteiger partial charge is 0.260 e. The van der Waals surface area contributed by atoms with Gasteiger partial charge in [0.25, 0.3) is 11.8 Å². The normalized spacial score (nSPS) is 12.4. The van der Waals surface area contributed by atoms with Gasteiger partial charge in [-0.1, -0.05) is 36.9 Å². The fourth-order valence-corrected chi connectivity index (χ4v) is 3.53. The van der Waals surface area contributed by atoms with E-state index < -0.39 is 5.91 Å². The molecule has 3 aromatic carbocycles. The highest BCUT2D eigenvalue weighted by molar-refractivity contribution is 6.26. The maximum atomic E-state index is 12.8. The second kappa shape index (κ2) is 8.71. The Hall–Kier alpha value is -4.13. The highest BCUT2D eigenvalue weighted by Crippen LogP contribution is 2.36. The van der Waals surface area contributed by atoms with E-state index in [-0.39, 0.29) is 12.5 Å². The molecule has 1 aliphatic rings. The Labute approximate surface area is 179 Å². The third kappa shape index (κ3) is 3.98. The van der Waals surface area contributed by atoms with Crippen LogP contribution in [0.3, 0.4) is 0 Å². The molecular weight excluding hydrogens is 394 g/mol. The largest absolute Gasteiger partial charge is 0.493 e. The van der Waals surface area contributed by atoms with Gasteiger partial charge in [-0.3, -0.25) is 14.5 Å². The lowest BCUT2D eigenvalue weighted by atomic mass is 10.1. The summed E-state index contributed by atoms with van der Waals surface area (Å²) in [4.78, 5) is 26.7. The van der Waals surface area contributed by atoms with Crippen LogP contribution in [0, 0.1) is 0 Å². The Bertz CT molecular complexity index is 1200. The minimum Gasteiger partial charge on any atom is -0.493 e. The first kappa shape index (κ1) is 20.2. The molecule has 0 fully saturated rings. The predicted molar refractivity (Wildman–Crippen MR) is 120 cm³/mol. The van der Waals surface area contributed by atoms with E-state index in [1.165, 1.54) is 11.1 Å². The Balaban J connectivity index is 1.42. The predicted octanol–water partition coefficient (Wildman–Crippen LogP) is 3.52. The number of carbonyl (C=O) groups excluding carboxylic acids is 2. The van der Waals surface area contributed by atoms with Crippen LogP contribution in [-0.4, -0.2) is 38.3 Å². The van der Waals surface area contributed by atoms with E-state index in [0.29, 0.717) is 23.7 Å². The fourth-order valence-electron chi connectivity index (χ4n) is 3.53. The zero-order valence-corrected chi connectivity index (χ0v) is 17.0. The molecule has 1 heterocycles. The molecule has 0 bridgehead atoms. The maximum Gasteiger partial charge on any atom is 0.260 e. The zero-order chi connectivity index (χ0) is 21.8. The molecule has 0 spiro atoms. The van der Waals surface area contributed by atoms with E-state index in [0.717, 1.165) is 22.0 Å². The number of anilines is 1. The van der Waals surface area contributed by atoms with Crippen LogP contribution < -0.4 is 19.8 Å². The van der Waals surface area contributed by atoms with Crippen molar-refractivity contribution in [3.63, 3.8) is 0 Å². The van der Waals surface area contributed by atoms with Gasteiger partial charge in [-0.05, 0) is 41.3 Å². The van der Waals surface area contributed by atoms with E-state index in [4.69, 9.17) is 9.47 Å². The summed E-state index contributed by atoms with van der Waals surface area (Å²) in [5.41, 5.74) is 4.54. The summed E-state index contributed by atoms with van der Waals surface area (Å²) in [5.74, 6) is 0.550. The topological polar surface area (TPSA) is 80.2 Å². The quantitative estimate of drug-likeness (QED) is 0.347. The molecule has 1 N–H and O–H groups in total. The lowest BCUT2D eigenvalue weighted by molar-refractivity contribution is -0.119. The van der Waals surface area contributed by atoms with Crippen molar-refractivity contribution in [1.29, 1.82) is 0 Å². The number of rotatable bonds is 8. The third-order valence-electron chi connectivity index (χ3n) is 4.90. The fraction of sp³-hybridized carbons (Fsp3) is 0.125. The summed E-state index contributed by atoms with van der Waals surface area (Å²) in [6.07, 6.45) is 3.15. The van der Waals surface area contributed by atoms with Crippen molar-refractivity contribution in [2.45, 2.75) is 0 Å². The summed E-state index contributed by atoms with van der Waals surface area (Å²) in [6.45, 7) is 3.86. The summed E-state index contributed by atoms with van der Waals surface area (Å²) in [6, 6.07) is 16.5. The van der Waals surface area contributed by atoms with Crippen LogP contribution in [0.25, 0.3) is 10.8 Å². The summed E-state index contributed by atoms with van der Waals surface area (Å²) >= 11 is 0. The zero-order valence-electron chi connectivity index (χ0n) is 17.0. The van der Waals surface area contributed by atoms with Crippen LogP contribution >= 0.6 is 0 Å². The number of amides is 2. The number of benzene rings is 3. The minimum atomic E-state index is -0.396. The number of nitrogens with zero attached hydrogens (tertiary/aromatic N) is 2. The highest BCUT2D eigenvalue weighted by atomic mass is 16.5. The van der Waals surface area contributed by atoms with Gasteiger partial charge in [0.1, 0.15) is 13.2 Å². The highest BCUT2D eigenvalue weighted by Gasteiger charge is 2.30. The van der Waals surface area contributed by atoms with E-state index in [1.54, 1.807) is 37.5 Å². The molecule has 1 aliphatic heterocycles. The van der Waals surface area contributed by atoms with Gasteiger partial charge in [0.2, 0.25) is 0 Å². The second-order valence-corrected chi connectivity index (χ2v) is 6.88. The standard InChI is InChI=1S/C24H21N3O4/c1-3-12-31-20-11-10-16(13-21(20)30-2)14-25-26-22(28)15-27-19-9-5-7-17-6-4-8-18(23(17)19)24(27)29/h3-11,13-14H,1,12,15H2,2H3,(H,26,28)/b25-14+. The Morgan fingerprint density at radius 2 is 1.97 bits per heavy atom. The molecule has 0 atom stereocenters. The van der Waals surface area contributed by atoms with Crippen molar-refractivity contribution in [2.75, 3.05) is 25.2 Å². The number of carbonyl (C=O) groups is 2. The summed E-state index contributed by atoms with van der Waals surface area (Å²) < 4.78 is 10.8. The van der Waals surface area contributed by atoms with Crippen molar-refractivity contribution < 1.29 is 19.1 Å². The molecule has 7 nitrogen and oxygen atoms in total. The van der Waals surface area contributed by atoms with Crippen LogP contribution in [0.4, 0.5) is 5.69 Å².